The molecule has 0 radical (unpaired) electrons. The van der Waals surface area contributed by atoms with Crippen LogP contribution in [0.4, 0.5) is 0 Å². The largest absolute Gasteiger partial charge is 0.184 e. The van der Waals surface area contributed by atoms with Crippen molar-refractivity contribution in [2.45, 2.75) is 0 Å². The predicted octanol–water partition coefficient (Wildman–Crippen LogP) is 2.95. The van der Waals surface area contributed by atoms with Crippen LogP contribution in [-0.4, -0.2) is 0 Å². The van der Waals surface area contributed by atoms with Crippen LogP contribution in [0.15, 0.2) is 30.3 Å². The fourth-order valence-electron chi connectivity index (χ4n) is 0.342. The second kappa shape index (κ2) is 11.8. The Labute approximate surface area is 89.5 Å². The third-order valence-corrected chi connectivity index (χ3v) is 0.607. The van der Waals surface area contributed by atoms with Crippen LogP contribution in [0.2, 0.25) is 0 Å². The van der Waals surface area contributed by atoms with E-state index < -0.39 is 0 Å². The van der Waals surface area contributed by atoms with E-state index in [1.165, 1.54) is 16.3 Å². The van der Waals surface area contributed by atoms with Crippen LogP contribution in [0.25, 0.3) is 0 Å². The number of hydrogen-bond acceptors (Lipinski definition) is 0. The van der Waals surface area contributed by atoms with Crippen LogP contribution in [0.1, 0.15) is 0 Å². The summed E-state index contributed by atoms with van der Waals surface area (Å²) in [7, 11) is 0. The smallest absolute Gasteiger partial charge is 0.171 e. The van der Waals surface area contributed by atoms with Crippen molar-refractivity contribution in [1.82, 2.24) is 0 Å². The van der Waals surface area contributed by atoms with Crippen LogP contribution >= 0.6 is 37.6 Å². The van der Waals surface area contributed by atoms with E-state index >= 15 is 0 Å². The van der Waals surface area contributed by atoms with Crippen LogP contribution in [0.5, 0.6) is 0 Å². The molecule has 1 aromatic carbocycles. The van der Waals surface area contributed by atoms with E-state index in [0.29, 0.717) is 0 Å². The zero-order chi connectivity index (χ0) is 6.24. The first-order valence-corrected chi connectivity index (χ1v) is 9.13. The molecule has 0 saturated carbocycles. The summed E-state index contributed by atoms with van der Waals surface area (Å²) < 4.78 is 0. The molecule has 0 aromatic heterocycles. The van der Waals surface area contributed by atoms with E-state index in [2.05, 4.69) is 19.7 Å². The van der Waals surface area contributed by atoms with Gasteiger partial charge in [-0.25, -0.2) is 0 Å². The molecule has 0 spiro atoms. The Kier molecular flexibility index (Phi) is 16.7. The van der Waals surface area contributed by atoms with Gasteiger partial charge in [-0.1, -0.05) is 0 Å². The van der Waals surface area contributed by atoms with Gasteiger partial charge in [0.2, 0.25) is 0 Å². The quantitative estimate of drug-likeness (QED) is 0.383. The van der Waals surface area contributed by atoms with Crippen LogP contribution in [-0.2, 0) is 16.3 Å². The van der Waals surface area contributed by atoms with E-state index in [-0.39, 0.29) is 24.0 Å². The van der Waals surface area contributed by atoms with Gasteiger partial charge in [-0.15, -0.1) is 24.0 Å². The normalized spacial score (nSPS) is 6.11. The molecular weight excluding hydrogens is 344 g/mol. The summed E-state index contributed by atoms with van der Waals surface area (Å²) in [5.41, 5.74) is 0. The van der Waals surface area contributed by atoms with Crippen molar-refractivity contribution in [2.24, 2.45) is 0 Å². The first kappa shape index (κ1) is 12.7. The number of rotatable bonds is 0. The van der Waals surface area contributed by atoms with Gasteiger partial charge < -0.3 is 0 Å². The minimum Gasteiger partial charge on any atom is -0.184 e. The van der Waals surface area contributed by atoms with Crippen LogP contribution in [0.3, 0.4) is 0 Å². The van der Waals surface area contributed by atoms with Crippen LogP contribution in [0, 0.1) is 6.07 Å². The molecule has 0 fully saturated rings. The van der Waals surface area contributed by atoms with E-state index in [1.54, 1.807) is 0 Å². The Morgan fingerprint density at radius 2 is 1.44 bits per heavy atom. The van der Waals surface area contributed by atoms with Crippen LogP contribution < -0.4 is 0 Å². The molecule has 3 heteroatoms. The Bertz CT molecular complexity index is 85.0. The van der Waals surface area contributed by atoms with Gasteiger partial charge in [-0.05, 0) is 0 Å². The second-order valence-corrected chi connectivity index (χ2v) is 1.08. The molecule has 0 N–H and O–H groups in total. The molecule has 0 unspecified atom stereocenters. The summed E-state index contributed by atoms with van der Waals surface area (Å²) in [6.45, 7) is 0. The summed E-state index contributed by atoms with van der Waals surface area (Å²) in [5.74, 6) is 0. The van der Waals surface area contributed by atoms with E-state index in [1.807, 2.05) is 30.3 Å². The number of benzene rings is 1. The summed E-state index contributed by atoms with van der Waals surface area (Å²) >= 11 is 4.25. The van der Waals surface area contributed by atoms with Crippen molar-refractivity contribution in [3.63, 3.8) is 0 Å². The van der Waals surface area contributed by atoms with Crippen molar-refractivity contribution < 1.29 is 16.3 Å². The fraction of sp³-hybridized carbons (Fsp3) is 0. The SMILES string of the molecule is I.[Zn+][Br].[c-]1ccccc1. The zero-order valence-electron chi connectivity index (χ0n) is 4.88. The maximum absolute atomic E-state index is 3.06. The molecular formula is C6H6BrIZn. The number of hydrogen-bond donors (Lipinski definition) is 0. The Morgan fingerprint density at radius 1 is 1.00 bits per heavy atom. The molecule has 0 amide bonds. The van der Waals surface area contributed by atoms with Crippen molar-refractivity contribution >= 4 is 37.6 Å². The summed E-state index contributed by atoms with van der Waals surface area (Å²) in [6, 6.07) is 12.5. The first-order chi connectivity index (χ1) is 4.00. The van der Waals surface area contributed by atoms with Gasteiger partial charge in [0.1, 0.15) is 0 Å². The third kappa shape index (κ3) is 9.05. The molecule has 0 saturated heterocycles. The molecule has 9 heavy (non-hydrogen) atoms. The maximum atomic E-state index is 3.06. The predicted molar refractivity (Wildman–Crippen MR) is 49.6 cm³/mol. The zero-order valence-corrected chi connectivity index (χ0v) is 11.8. The molecule has 0 aliphatic carbocycles. The van der Waals surface area contributed by atoms with E-state index in [9.17, 15) is 0 Å². The maximum Gasteiger partial charge on any atom is -0.171 e. The van der Waals surface area contributed by atoms with E-state index in [4.69, 9.17) is 0 Å². The molecule has 1 rings (SSSR count). The average molecular weight is 350 g/mol. The van der Waals surface area contributed by atoms with Crippen molar-refractivity contribution in [1.29, 1.82) is 0 Å². The molecule has 0 atom stereocenters. The molecule has 0 heterocycles. The molecule has 0 aliphatic rings. The van der Waals surface area contributed by atoms with Gasteiger partial charge in [0.05, 0.1) is 0 Å². The summed E-state index contributed by atoms with van der Waals surface area (Å²) in [4.78, 5) is 0. The van der Waals surface area contributed by atoms with Gasteiger partial charge in [0, 0.05) is 0 Å². The average Bonchev–Trinajstić information content (AvgIpc) is 1.96. The Hall–Kier alpha value is 1.05. The Balaban J connectivity index is 0. The third-order valence-electron chi connectivity index (χ3n) is 0.607. The van der Waals surface area contributed by atoms with Gasteiger partial charge in [0.25, 0.3) is 0 Å². The molecule has 0 aliphatic heterocycles. The second-order valence-electron chi connectivity index (χ2n) is 1.08. The van der Waals surface area contributed by atoms with Gasteiger partial charge in [0.15, 0.2) is 0 Å². The van der Waals surface area contributed by atoms with Crippen molar-refractivity contribution in [3.8, 4) is 0 Å². The van der Waals surface area contributed by atoms with Gasteiger partial charge in [-0.2, -0.15) is 36.4 Å². The number of halogens is 2. The molecule has 46 valence electrons. The molecule has 0 nitrogen and oxygen atoms in total. The Morgan fingerprint density at radius 3 is 1.56 bits per heavy atom. The van der Waals surface area contributed by atoms with Gasteiger partial charge >= 0.3 is 30.0 Å². The minimum absolute atomic E-state index is 0. The minimum atomic E-state index is 0. The summed E-state index contributed by atoms with van der Waals surface area (Å²) in [6.07, 6.45) is 0. The van der Waals surface area contributed by atoms with Crippen molar-refractivity contribution in [2.75, 3.05) is 0 Å². The van der Waals surface area contributed by atoms with Gasteiger partial charge in [-0.3, -0.25) is 0 Å². The standard InChI is InChI=1S/C6H5.BrH.HI.Zn/c1-2-4-6-5-3-1;;;/h1-5H;2*1H;/q-1;;;+2/p-1. The topological polar surface area (TPSA) is 0 Å². The molecule has 0 bridgehead atoms. The summed E-state index contributed by atoms with van der Waals surface area (Å²) in [5, 5.41) is 0. The van der Waals surface area contributed by atoms with Crippen molar-refractivity contribution in [3.05, 3.63) is 36.4 Å². The molecule has 1 aromatic rings. The first-order valence-electron chi connectivity index (χ1n) is 2.18. The van der Waals surface area contributed by atoms with E-state index in [0.717, 1.165) is 0 Å². The monoisotopic (exact) mass is 348 g/mol. The fourth-order valence-corrected chi connectivity index (χ4v) is 0.342.